The minimum Gasteiger partial charge on any atom is -0.364 e. The van der Waals surface area contributed by atoms with Gasteiger partial charge in [0.2, 0.25) is 5.91 Å². The average molecular weight is 450 g/mol. The molecule has 0 bridgehead atoms. The second kappa shape index (κ2) is 9.19. The molecule has 1 aliphatic heterocycles. The van der Waals surface area contributed by atoms with Crippen molar-refractivity contribution in [3.8, 4) is 0 Å². The third-order valence-corrected chi connectivity index (χ3v) is 6.05. The number of aromatic nitrogens is 2. The molecule has 1 saturated heterocycles. The van der Waals surface area contributed by atoms with Crippen molar-refractivity contribution in [3.63, 3.8) is 0 Å². The van der Waals surface area contributed by atoms with Gasteiger partial charge in [0, 0.05) is 32.4 Å². The van der Waals surface area contributed by atoms with Crippen LogP contribution in [0, 0.1) is 0 Å². The number of fused-ring (bicyclic) bond motifs is 1. The first kappa shape index (κ1) is 21.5. The van der Waals surface area contributed by atoms with E-state index in [1.807, 2.05) is 29.2 Å². The van der Waals surface area contributed by atoms with Crippen LogP contribution in [0.3, 0.4) is 0 Å². The number of thiazole rings is 1. The van der Waals surface area contributed by atoms with E-state index < -0.39 is 11.7 Å². The Morgan fingerprint density at radius 2 is 1.94 bits per heavy atom. The van der Waals surface area contributed by atoms with E-state index in [0.29, 0.717) is 38.4 Å². The number of benzene rings is 1. The maximum absolute atomic E-state index is 12.7. The Bertz CT molecular complexity index is 1010. The van der Waals surface area contributed by atoms with E-state index in [1.165, 1.54) is 6.07 Å². The lowest BCUT2D eigenvalue weighted by molar-refractivity contribution is -0.138. The zero-order valence-electron chi connectivity index (χ0n) is 16.6. The molecule has 3 heterocycles. The first-order valence-corrected chi connectivity index (χ1v) is 10.7. The number of nitrogens with zero attached hydrogens (tertiary/aromatic N) is 4. The van der Waals surface area contributed by atoms with Crippen LogP contribution in [-0.4, -0.2) is 53.6 Å². The SMILES string of the molecule is O=C(COCc1nc2ccccc2s1)N1CCCN(c2ccc(C(F)(F)F)cn2)CC1. The van der Waals surface area contributed by atoms with E-state index in [9.17, 15) is 18.0 Å². The molecule has 0 spiro atoms. The van der Waals surface area contributed by atoms with Crippen molar-refractivity contribution in [1.29, 1.82) is 0 Å². The van der Waals surface area contributed by atoms with Gasteiger partial charge >= 0.3 is 6.18 Å². The van der Waals surface area contributed by atoms with Gasteiger partial charge in [0.15, 0.2) is 0 Å². The van der Waals surface area contributed by atoms with Crippen molar-refractivity contribution in [1.82, 2.24) is 14.9 Å². The fourth-order valence-corrected chi connectivity index (χ4v) is 4.34. The van der Waals surface area contributed by atoms with E-state index in [0.717, 1.165) is 27.5 Å². The summed E-state index contributed by atoms with van der Waals surface area (Å²) in [6.07, 6.45) is -2.86. The van der Waals surface area contributed by atoms with E-state index in [-0.39, 0.29) is 19.1 Å². The third-order valence-electron chi connectivity index (χ3n) is 5.04. The molecule has 0 saturated carbocycles. The van der Waals surface area contributed by atoms with Crippen LogP contribution in [0.1, 0.15) is 17.0 Å². The number of ether oxygens (including phenoxy) is 1. The van der Waals surface area contributed by atoms with Gasteiger partial charge < -0.3 is 14.5 Å². The number of pyridine rings is 1. The summed E-state index contributed by atoms with van der Waals surface area (Å²) in [6, 6.07) is 10.2. The number of rotatable bonds is 5. The Balaban J connectivity index is 1.27. The van der Waals surface area contributed by atoms with Crippen LogP contribution >= 0.6 is 11.3 Å². The number of amides is 1. The fraction of sp³-hybridized carbons (Fsp3) is 0.381. The molecule has 2 aromatic heterocycles. The molecule has 4 rings (SSSR count). The first-order valence-electron chi connectivity index (χ1n) is 9.88. The van der Waals surface area contributed by atoms with Gasteiger partial charge in [-0.15, -0.1) is 11.3 Å². The summed E-state index contributed by atoms with van der Waals surface area (Å²) in [5.74, 6) is 0.373. The van der Waals surface area contributed by atoms with Crippen molar-refractivity contribution in [3.05, 3.63) is 53.2 Å². The van der Waals surface area contributed by atoms with E-state index in [4.69, 9.17) is 4.74 Å². The van der Waals surface area contributed by atoms with E-state index in [2.05, 4.69) is 9.97 Å². The molecule has 1 aromatic carbocycles. The van der Waals surface area contributed by atoms with Gasteiger partial charge in [0.05, 0.1) is 22.4 Å². The molecule has 0 aliphatic carbocycles. The van der Waals surface area contributed by atoms with Crippen molar-refractivity contribution in [2.45, 2.75) is 19.2 Å². The lowest BCUT2D eigenvalue weighted by Crippen LogP contribution is -2.37. The van der Waals surface area contributed by atoms with Crippen LogP contribution in [0.25, 0.3) is 10.2 Å². The fourth-order valence-electron chi connectivity index (χ4n) is 3.44. The second-order valence-corrected chi connectivity index (χ2v) is 8.31. The van der Waals surface area contributed by atoms with Crippen LogP contribution in [0.5, 0.6) is 0 Å². The molecule has 1 amide bonds. The van der Waals surface area contributed by atoms with Gasteiger partial charge in [-0.2, -0.15) is 13.2 Å². The molecule has 3 aromatic rings. The van der Waals surface area contributed by atoms with Crippen LogP contribution in [0.2, 0.25) is 0 Å². The Morgan fingerprint density at radius 3 is 2.68 bits per heavy atom. The number of halogens is 3. The van der Waals surface area contributed by atoms with Crippen LogP contribution in [0.4, 0.5) is 19.0 Å². The van der Waals surface area contributed by atoms with Crippen LogP contribution < -0.4 is 4.90 Å². The number of anilines is 1. The van der Waals surface area contributed by atoms with Gasteiger partial charge in [0.1, 0.15) is 17.4 Å². The van der Waals surface area contributed by atoms with Gasteiger partial charge in [-0.1, -0.05) is 12.1 Å². The molecule has 0 atom stereocenters. The number of hydrogen-bond acceptors (Lipinski definition) is 6. The molecule has 1 fully saturated rings. The van der Waals surface area contributed by atoms with E-state index in [1.54, 1.807) is 16.2 Å². The Morgan fingerprint density at radius 1 is 1.10 bits per heavy atom. The standard InChI is InChI=1S/C21H21F3N4O2S/c22-21(23,24)15-6-7-18(25-12-15)27-8-3-9-28(11-10-27)20(29)14-30-13-19-26-16-4-1-2-5-17(16)31-19/h1-2,4-7,12H,3,8-11,13-14H2. The highest BCUT2D eigenvalue weighted by Crippen LogP contribution is 2.29. The average Bonchev–Trinajstić information content (AvgIpc) is 3.00. The van der Waals surface area contributed by atoms with E-state index >= 15 is 0 Å². The number of hydrogen-bond donors (Lipinski definition) is 0. The minimum absolute atomic E-state index is 0.0333. The monoisotopic (exact) mass is 450 g/mol. The predicted molar refractivity (Wildman–Crippen MR) is 112 cm³/mol. The Hall–Kier alpha value is -2.72. The normalized spacial score (nSPS) is 15.3. The first-order chi connectivity index (χ1) is 14.9. The number of alkyl halides is 3. The largest absolute Gasteiger partial charge is 0.417 e. The Labute approximate surface area is 181 Å². The van der Waals surface area contributed by atoms with Crippen LogP contribution in [-0.2, 0) is 22.3 Å². The van der Waals surface area contributed by atoms with Crippen molar-refractivity contribution in [2.75, 3.05) is 37.7 Å². The Kier molecular flexibility index (Phi) is 6.38. The predicted octanol–water partition coefficient (Wildman–Crippen LogP) is 3.97. The molecule has 1 aliphatic rings. The highest BCUT2D eigenvalue weighted by molar-refractivity contribution is 7.18. The highest BCUT2D eigenvalue weighted by atomic mass is 32.1. The maximum atomic E-state index is 12.7. The smallest absolute Gasteiger partial charge is 0.364 e. The van der Waals surface area contributed by atoms with Gasteiger partial charge in [-0.05, 0) is 30.7 Å². The summed E-state index contributed by atoms with van der Waals surface area (Å²) in [4.78, 5) is 24.6. The quantitative estimate of drug-likeness (QED) is 0.589. The lowest BCUT2D eigenvalue weighted by atomic mass is 10.2. The molecular weight excluding hydrogens is 429 g/mol. The molecule has 0 N–H and O–H groups in total. The molecule has 164 valence electrons. The summed E-state index contributed by atoms with van der Waals surface area (Å²) >= 11 is 1.54. The van der Waals surface area contributed by atoms with Gasteiger partial charge in [0.25, 0.3) is 0 Å². The van der Waals surface area contributed by atoms with Crippen molar-refractivity contribution < 1.29 is 22.7 Å². The molecule has 6 nitrogen and oxygen atoms in total. The van der Waals surface area contributed by atoms with Crippen molar-refractivity contribution >= 4 is 33.3 Å². The van der Waals surface area contributed by atoms with Gasteiger partial charge in [-0.3, -0.25) is 4.79 Å². The summed E-state index contributed by atoms with van der Waals surface area (Å²) in [6.45, 7) is 2.40. The topological polar surface area (TPSA) is 58.6 Å². The third kappa shape index (κ3) is 5.31. The molecule has 0 unspecified atom stereocenters. The number of para-hydroxylation sites is 1. The van der Waals surface area contributed by atoms with Crippen molar-refractivity contribution in [2.24, 2.45) is 0 Å². The van der Waals surface area contributed by atoms with Crippen LogP contribution in [0.15, 0.2) is 42.6 Å². The zero-order chi connectivity index (χ0) is 21.8. The summed E-state index contributed by atoms with van der Waals surface area (Å²) in [5.41, 5.74) is 0.148. The lowest BCUT2D eigenvalue weighted by Gasteiger charge is -2.23. The molecule has 31 heavy (non-hydrogen) atoms. The number of carbonyl (C=O) groups is 1. The maximum Gasteiger partial charge on any atom is 0.417 e. The van der Waals surface area contributed by atoms with Gasteiger partial charge in [-0.25, -0.2) is 9.97 Å². The molecule has 10 heteroatoms. The summed E-state index contributed by atoms with van der Waals surface area (Å²) in [7, 11) is 0. The molecular formula is C21H21F3N4O2S. The minimum atomic E-state index is -4.40. The zero-order valence-corrected chi connectivity index (χ0v) is 17.5. The molecule has 0 radical (unpaired) electrons. The number of carbonyl (C=O) groups excluding carboxylic acids is 1. The summed E-state index contributed by atoms with van der Waals surface area (Å²) < 4.78 is 44.8. The summed E-state index contributed by atoms with van der Waals surface area (Å²) in [5, 5.41) is 0.824. The highest BCUT2D eigenvalue weighted by Gasteiger charge is 2.31. The second-order valence-electron chi connectivity index (χ2n) is 7.19.